The van der Waals surface area contributed by atoms with Gasteiger partial charge in [-0.2, -0.15) is 0 Å². The number of carbonyl (C=O) groups is 1. The van der Waals surface area contributed by atoms with Gasteiger partial charge in [0.05, 0.1) is 18.1 Å². The topological polar surface area (TPSA) is 66.9 Å². The molecule has 0 unspecified atom stereocenters. The van der Waals surface area contributed by atoms with Crippen molar-refractivity contribution in [1.82, 2.24) is 9.97 Å². The summed E-state index contributed by atoms with van der Waals surface area (Å²) < 4.78 is 1.72. The molecule has 0 radical (unpaired) electrons. The Labute approximate surface area is 139 Å². The normalized spacial score (nSPS) is 10.2. The Morgan fingerprint density at radius 1 is 1.29 bits per heavy atom. The summed E-state index contributed by atoms with van der Waals surface area (Å²) in [5.74, 6) is 0.296. The van der Waals surface area contributed by atoms with E-state index in [9.17, 15) is 4.79 Å². The van der Waals surface area contributed by atoms with Crippen molar-refractivity contribution in [2.75, 3.05) is 17.2 Å². The van der Waals surface area contributed by atoms with E-state index in [1.165, 1.54) is 6.20 Å². The molecular formula is C14H14Br2N4O. The van der Waals surface area contributed by atoms with Gasteiger partial charge in [-0.3, -0.25) is 9.78 Å². The van der Waals surface area contributed by atoms with Crippen LogP contribution in [0.25, 0.3) is 0 Å². The number of benzene rings is 1. The molecule has 0 bridgehead atoms. The van der Waals surface area contributed by atoms with Gasteiger partial charge in [-0.15, -0.1) is 0 Å². The lowest BCUT2D eigenvalue weighted by molar-refractivity contribution is 0.102. The quantitative estimate of drug-likeness (QED) is 0.774. The predicted octanol–water partition coefficient (Wildman–Crippen LogP) is 4.08. The zero-order valence-corrected chi connectivity index (χ0v) is 14.5. The summed E-state index contributed by atoms with van der Waals surface area (Å²) in [6.07, 6.45) is 4.02. The zero-order valence-electron chi connectivity index (χ0n) is 11.4. The Hall–Kier alpha value is -1.47. The lowest BCUT2D eigenvalue weighted by Crippen LogP contribution is -2.15. The Morgan fingerprint density at radius 3 is 2.81 bits per heavy atom. The molecule has 1 aromatic heterocycles. The molecule has 0 saturated carbocycles. The summed E-state index contributed by atoms with van der Waals surface area (Å²) in [6, 6.07) is 5.52. The van der Waals surface area contributed by atoms with Crippen LogP contribution in [0.3, 0.4) is 0 Å². The molecule has 21 heavy (non-hydrogen) atoms. The van der Waals surface area contributed by atoms with Gasteiger partial charge in [0.2, 0.25) is 0 Å². The number of rotatable bonds is 5. The van der Waals surface area contributed by atoms with E-state index in [1.54, 1.807) is 12.3 Å². The van der Waals surface area contributed by atoms with Gasteiger partial charge in [-0.25, -0.2) is 4.98 Å². The summed E-state index contributed by atoms with van der Waals surface area (Å²) in [5.41, 5.74) is 0.947. The monoisotopic (exact) mass is 412 g/mol. The molecule has 110 valence electrons. The van der Waals surface area contributed by atoms with Crippen molar-refractivity contribution >= 4 is 49.3 Å². The van der Waals surface area contributed by atoms with Crippen LogP contribution in [-0.4, -0.2) is 22.4 Å². The van der Waals surface area contributed by atoms with E-state index in [0.29, 0.717) is 11.5 Å². The van der Waals surface area contributed by atoms with Gasteiger partial charge in [0.15, 0.2) is 0 Å². The SMILES string of the molecule is CCCNc1cncc(C(=O)Nc2ccc(Br)cc2Br)n1. The first kappa shape index (κ1) is 15.9. The van der Waals surface area contributed by atoms with Crippen LogP contribution in [0, 0.1) is 0 Å². The summed E-state index contributed by atoms with van der Waals surface area (Å²) in [7, 11) is 0. The van der Waals surface area contributed by atoms with Crippen LogP contribution in [0.1, 0.15) is 23.8 Å². The number of carbonyl (C=O) groups excluding carboxylic acids is 1. The van der Waals surface area contributed by atoms with Gasteiger partial charge in [0, 0.05) is 15.5 Å². The van der Waals surface area contributed by atoms with Crippen molar-refractivity contribution in [3.8, 4) is 0 Å². The predicted molar refractivity (Wildman–Crippen MR) is 90.6 cm³/mol. The Balaban J connectivity index is 2.12. The third-order valence-electron chi connectivity index (χ3n) is 2.60. The average Bonchev–Trinajstić information content (AvgIpc) is 2.48. The third kappa shape index (κ3) is 4.50. The van der Waals surface area contributed by atoms with E-state index >= 15 is 0 Å². The van der Waals surface area contributed by atoms with Crippen LogP contribution >= 0.6 is 31.9 Å². The molecule has 5 nitrogen and oxygen atoms in total. The average molecular weight is 414 g/mol. The summed E-state index contributed by atoms with van der Waals surface area (Å²) in [5, 5.41) is 5.90. The maximum absolute atomic E-state index is 12.2. The summed E-state index contributed by atoms with van der Waals surface area (Å²) in [4.78, 5) is 20.5. The van der Waals surface area contributed by atoms with E-state index < -0.39 is 0 Å². The number of hydrogen-bond acceptors (Lipinski definition) is 4. The van der Waals surface area contributed by atoms with Gasteiger partial charge in [0.25, 0.3) is 5.91 Å². The van der Waals surface area contributed by atoms with E-state index in [-0.39, 0.29) is 11.6 Å². The highest BCUT2D eigenvalue weighted by Gasteiger charge is 2.11. The highest BCUT2D eigenvalue weighted by Crippen LogP contribution is 2.26. The number of hydrogen-bond donors (Lipinski definition) is 2. The number of halogens is 2. The number of aromatic nitrogens is 2. The van der Waals surface area contributed by atoms with Crippen molar-refractivity contribution < 1.29 is 4.79 Å². The minimum absolute atomic E-state index is 0.269. The molecule has 0 aliphatic heterocycles. The Morgan fingerprint density at radius 2 is 2.10 bits per heavy atom. The molecule has 0 atom stereocenters. The zero-order chi connectivity index (χ0) is 15.2. The van der Waals surface area contributed by atoms with Crippen LogP contribution in [0.15, 0.2) is 39.5 Å². The molecule has 1 heterocycles. The van der Waals surface area contributed by atoms with E-state index in [1.807, 2.05) is 12.1 Å². The minimum Gasteiger partial charge on any atom is -0.369 e. The Kier molecular flexibility index (Phi) is 5.69. The van der Waals surface area contributed by atoms with Gasteiger partial charge in [-0.1, -0.05) is 22.9 Å². The van der Waals surface area contributed by atoms with Crippen molar-refractivity contribution in [1.29, 1.82) is 0 Å². The van der Waals surface area contributed by atoms with Crippen LogP contribution in [-0.2, 0) is 0 Å². The lowest BCUT2D eigenvalue weighted by Gasteiger charge is -2.08. The second-order valence-electron chi connectivity index (χ2n) is 4.29. The maximum Gasteiger partial charge on any atom is 0.275 e. The number of amides is 1. The molecule has 1 aromatic carbocycles. The van der Waals surface area contributed by atoms with Crippen molar-refractivity contribution in [3.63, 3.8) is 0 Å². The molecule has 0 aliphatic rings. The molecule has 7 heteroatoms. The molecular weight excluding hydrogens is 400 g/mol. The molecule has 2 N–H and O–H groups in total. The molecule has 0 saturated heterocycles. The van der Waals surface area contributed by atoms with Crippen LogP contribution < -0.4 is 10.6 Å². The fraction of sp³-hybridized carbons (Fsp3) is 0.214. The van der Waals surface area contributed by atoms with Crippen LogP contribution in [0.5, 0.6) is 0 Å². The van der Waals surface area contributed by atoms with Crippen molar-refractivity contribution in [3.05, 3.63) is 45.2 Å². The largest absolute Gasteiger partial charge is 0.369 e. The highest BCUT2D eigenvalue weighted by atomic mass is 79.9. The third-order valence-corrected chi connectivity index (χ3v) is 3.75. The van der Waals surface area contributed by atoms with Crippen LogP contribution in [0.4, 0.5) is 11.5 Å². The fourth-order valence-corrected chi connectivity index (χ4v) is 2.74. The second kappa shape index (κ2) is 7.51. The van der Waals surface area contributed by atoms with E-state index in [0.717, 1.165) is 21.9 Å². The molecule has 2 rings (SSSR count). The first-order valence-electron chi connectivity index (χ1n) is 6.42. The van der Waals surface area contributed by atoms with E-state index in [4.69, 9.17) is 0 Å². The first-order chi connectivity index (χ1) is 10.1. The van der Waals surface area contributed by atoms with Crippen molar-refractivity contribution in [2.24, 2.45) is 0 Å². The van der Waals surface area contributed by atoms with Crippen molar-refractivity contribution in [2.45, 2.75) is 13.3 Å². The molecule has 2 aromatic rings. The fourth-order valence-electron chi connectivity index (χ4n) is 1.59. The summed E-state index contributed by atoms with van der Waals surface area (Å²) in [6.45, 7) is 2.85. The lowest BCUT2D eigenvalue weighted by atomic mass is 10.3. The van der Waals surface area contributed by atoms with Gasteiger partial charge < -0.3 is 10.6 Å². The maximum atomic E-state index is 12.2. The number of anilines is 2. The molecule has 0 fully saturated rings. The van der Waals surface area contributed by atoms with Gasteiger partial charge in [0.1, 0.15) is 11.5 Å². The highest BCUT2D eigenvalue weighted by molar-refractivity contribution is 9.11. The molecule has 0 spiro atoms. The standard InChI is InChI=1S/C14H14Br2N4O/c1-2-5-18-13-8-17-7-12(19-13)14(21)20-11-4-3-9(15)6-10(11)16/h3-4,6-8H,2,5H2,1H3,(H,18,19)(H,20,21). The number of nitrogens with one attached hydrogen (secondary N) is 2. The second-order valence-corrected chi connectivity index (χ2v) is 6.06. The van der Waals surface area contributed by atoms with E-state index in [2.05, 4.69) is 59.4 Å². The van der Waals surface area contributed by atoms with Gasteiger partial charge >= 0.3 is 0 Å². The minimum atomic E-state index is -0.300. The first-order valence-corrected chi connectivity index (χ1v) is 8.01. The number of nitrogens with zero attached hydrogens (tertiary/aromatic N) is 2. The molecule has 1 amide bonds. The smallest absolute Gasteiger partial charge is 0.275 e. The Bertz CT molecular complexity index is 649. The summed E-state index contributed by atoms with van der Waals surface area (Å²) >= 11 is 6.77. The van der Waals surface area contributed by atoms with Crippen LogP contribution in [0.2, 0.25) is 0 Å². The molecule has 0 aliphatic carbocycles. The van der Waals surface area contributed by atoms with Gasteiger partial charge in [-0.05, 0) is 40.5 Å².